The van der Waals surface area contributed by atoms with Gasteiger partial charge >= 0.3 is 0 Å². The summed E-state index contributed by atoms with van der Waals surface area (Å²) >= 11 is 0. The predicted octanol–water partition coefficient (Wildman–Crippen LogP) is 1.42. The number of aliphatic imine (C=N–C) groups is 1. The summed E-state index contributed by atoms with van der Waals surface area (Å²) < 4.78 is 5.25. The monoisotopic (exact) mass is 189 g/mol. The van der Waals surface area contributed by atoms with Gasteiger partial charge in [-0.1, -0.05) is 18.2 Å². The molecule has 0 saturated carbocycles. The Balaban J connectivity index is 2.29. The molecule has 0 aliphatic carbocycles. The van der Waals surface area contributed by atoms with Gasteiger partial charge < -0.3 is 4.74 Å². The molecule has 1 aromatic rings. The molecule has 1 atom stereocenters. The van der Waals surface area contributed by atoms with E-state index in [2.05, 4.69) is 4.99 Å². The first kappa shape index (κ1) is 8.94. The van der Waals surface area contributed by atoms with Gasteiger partial charge in [-0.3, -0.25) is 4.79 Å². The van der Waals surface area contributed by atoms with Crippen molar-refractivity contribution in [3.05, 3.63) is 35.9 Å². The van der Waals surface area contributed by atoms with Gasteiger partial charge in [0.15, 0.2) is 12.4 Å². The molecular weight excluding hydrogens is 178 g/mol. The standard InChI is InChI=1S/C11H11NO2/c1-8-10(13)7-14-11(12-8)9-5-3-2-4-6-9/h2-6,8H,7H2,1H3. The summed E-state index contributed by atoms with van der Waals surface area (Å²) in [4.78, 5) is 15.3. The lowest BCUT2D eigenvalue weighted by Gasteiger charge is -2.17. The molecule has 0 amide bonds. The number of ether oxygens (including phenoxy) is 1. The summed E-state index contributed by atoms with van der Waals surface area (Å²) in [5, 5.41) is 0. The molecule has 14 heavy (non-hydrogen) atoms. The number of hydrogen-bond acceptors (Lipinski definition) is 3. The number of carbonyl (C=O) groups excluding carboxylic acids is 1. The largest absolute Gasteiger partial charge is 0.469 e. The van der Waals surface area contributed by atoms with Crippen LogP contribution in [0.5, 0.6) is 0 Å². The molecule has 0 radical (unpaired) electrons. The molecule has 3 heteroatoms. The molecule has 0 fully saturated rings. The molecule has 0 spiro atoms. The van der Waals surface area contributed by atoms with Crippen LogP contribution in [0.15, 0.2) is 35.3 Å². The zero-order valence-electron chi connectivity index (χ0n) is 7.93. The maximum Gasteiger partial charge on any atom is 0.217 e. The van der Waals surface area contributed by atoms with Gasteiger partial charge in [0.25, 0.3) is 0 Å². The maximum absolute atomic E-state index is 11.1. The van der Waals surface area contributed by atoms with Gasteiger partial charge in [0.05, 0.1) is 0 Å². The molecule has 2 rings (SSSR count). The molecular formula is C11H11NO2. The lowest BCUT2D eigenvalue weighted by molar-refractivity contribution is -0.123. The topological polar surface area (TPSA) is 38.7 Å². The fourth-order valence-corrected chi connectivity index (χ4v) is 1.28. The molecule has 1 unspecified atom stereocenters. The smallest absolute Gasteiger partial charge is 0.217 e. The van der Waals surface area contributed by atoms with E-state index in [0.29, 0.717) is 5.90 Å². The fourth-order valence-electron chi connectivity index (χ4n) is 1.28. The first-order valence-corrected chi connectivity index (χ1v) is 4.56. The fraction of sp³-hybridized carbons (Fsp3) is 0.273. The van der Waals surface area contributed by atoms with Crippen molar-refractivity contribution in [3.8, 4) is 0 Å². The molecule has 1 aliphatic heterocycles. The highest BCUT2D eigenvalue weighted by Gasteiger charge is 2.20. The zero-order chi connectivity index (χ0) is 9.97. The number of rotatable bonds is 1. The second-order valence-electron chi connectivity index (χ2n) is 3.23. The number of carbonyl (C=O) groups is 1. The Morgan fingerprint density at radius 3 is 2.71 bits per heavy atom. The third kappa shape index (κ3) is 1.66. The van der Waals surface area contributed by atoms with Crippen molar-refractivity contribution < 1.29 is 9.53 Å². The van der Waals surface area contributed by atoms with Gasteiger partial charge in [-0.05, 0) is 19.1 Å². The van der Waals surface area contributed by atoms with Crippen LogP contribution in [0.2, 0.25) is 0 Å². The van der Waals surface area contributed by atoms with Crippen molar-refractivity contribution in [3.63, 3.8) is 0 Å². The minimum Gasteiger partial charge on any atom is -0.469 e. The van der Waals surface area contributed by atoms with Crippen molar-refractivity contribution in [1.82, 2.24) is 0 Å². The third-order valence-electron chi connectivity index (χ3n) is 2.15. The Morgan fingerprint density at radius 2 is 2.07 bits per heavy atom. The molecule has 72 valence electrons. The predicted molar refractivity (Wildman–Crippen MR) is 53.4 cm³/mol. The SMILES string of the molecule is CC1N=C(c2ccccc2)OCC1=O. The lowest BCUT2D eigenvalue weighted by Crippen LogP contribution is -2.29. The first-order chi connectivity index (χ1) is 6.77. The Kier molecular flexibility index (Phi) is 2.31. The third-order valence-corrected chi connectivity index (χ3v) is 2.15. The van der Waals surface area contributed by atoms with E-state index >= 15 is 0 Å². The lowest BCUT2D eigenvalue weighted by atomic mass is 10.1. The number of benzene rings is 1. The van der Waals surface area contributed by atoms with Gasteiger partial charge in [-0.15, -0.1) is 0 Å². The van der Waals surface area contributed by atoms with E-state index in [-0.39, 0.29) is 18.4 Å². The second-order valence-corrected chi connectivity index (χ2v) is 3.23. The van der Waals surface area contributed by atoms with E-state index in [9.17, 15) is 4.79 Å². The summed E-state index contributed by atoms with van der Waals surface area (Å²) in [6, 6.07) is 9.33. The van der Waals surface area contributed by atoms with Gasteiger partial charge in [-0.25, -0.2) is 4.99 Å². The van der Waals surface area contributed by atoms with Crippen LogP contribution in [0.4, 0.5) is 0 Å². The molecule has 0 aromatic heterocycles. The molecule has 1 aromatic carbocycles. The Labute approximate surface area is 82.4 Å². The average Bonchev–Trinajstić information content (AvgIpc) is 2.23. The number of Topliss-reactive ketones (excluding diaryl/α,β-unsaturated/α-hetero) is 1. The second kappa shape index (κ2) is 3.62. The van der Waals surface area contributed by atoms with Crippen LogP contribution >= 0.6 is 0 Å². The maximum atomic E-state index is 11.1. The van der Waals surface area contributed by atoms with E-state index < -0.39 is 0 Å². The molecule has 1 heterocycles. The number of hydrogen-bond donors (Lipinski definition) is 0. The van der Waals surface area contributed by atoms with Crippen molar-refractivity contribution in [2.45, 2.75) is 13.0 Å². The average molecular weight is 189 g/mol. The molecule has 1 aliphatic rings. The Bertz CT molecular complexity index is 370. The van der Waals surface area contributed by atoms with E-state index in [1.54, 1.807) is 6.92 Å². The Morgan fingerprint density at radius 1 is 1.36 bits per heavy atom. The molecule has 0 bridgehead atoms. The highest BCUT2D eigenvalue weighted by Crippen LogP contribution is 2.09. The zero-order valence-corrected chi connectivity index (χ0v) is 7.93. The molecule has 0 saturated heterocycles. The van der Waals surface area contributed by atoms with Gasteiger partial charge in [-0.2, -0.15) is 0 Å². The van der Waals surface area contributed by atoms with Crippen LogP contribution in [-0.4, -0.2) is 24.3 Å². The summed E-state index contributed by atoms with van der Waals surface area (Å²) in [5.41, 5.74) is 0.923. The summed E-state index contributed by atoms with van der Waals surface area (Å²) in [6.07, 6.45) is 0. The number of ketones is 1. The summed E-state index contributed by atoms with van der Waals surface area (Å²) in [6.45, 7) is 1.92. The Hall–Kier alpha value is -1.64. The van der Waals surface area contributed by atoms with Crippen LogP contribution in [0.25, 0.3) is 0 Å². The van der Waals surface area contributed by atoms with Crippen molar-refractivity contribution in [2.24, 2.45) is 4.99 Å². The quantitative estimate of drug-likeness (QED) is 0.670. The van der Waals surface area contributed by atoms with Crippen LogP contribution < -0.4 is 0 Å². The normalized spacial score (nSPS) is 21.4. The molecule has 0 N–H and O–H groups in total. The van der Waals surface area contributed by atoms with E-state index in [1.807, 2.05) is 30.3 Å². The van der Waals surface area contributed by atoms with Crippen LogP contribution in [-0.2, 0) is 9.53 Å². The first-order valence-electron chi connectivity index (χ1n) is 4.56. The highest BCUT2D eigenvalue weighted by molar-refractivity contribution is 6.00. The number of nitrogens with zero attached hydrogens (tertiary/aromatic N) is 1. The minimum atomic E-state index is -0.279. The summed E-state index contributed by atoms with van der Waals surface area (Å²) in [7, 11) is 0. The van der Waals surface area contributed by atoms with Crippen LogP contribution in [0.1, 0.15) is 12.5 Å². The van der Waals surface area contributed by atoms with E-state index in [0.717, 1.165) is 5.56 Å². The van der Waals surface area contributed by atoms with Gasteiger partial charge in [0.2, 0.25) is 5.90 Å². The van der Waals surface area contributed by atoms with Gasteiger partial charge in [0.1, 0.15) is 6.04 Å². The van der Waals surface area contributed by atoms with Crippen molar-refractivity contribution in [2.75, 3.05) is 6.61 Å². The van der Waals surface area contributed by atoms with E-state index in [1.165, 1.54) is 0 Å². The van der Waals surface area contributed by atoms with Crippen LogP contribution in [0, 0.1) is 0 Å². The highest BCUT2D eigenvalue weighted by atomic mass is 16.5. The minimum absolute atomic E-state index is 0.0321. The van der Waals surface area contributed by atoms with Crippen molar-refractivity contribution >= 4 is 11.7 Å². The van der Waals surface area contributed by atoms with Crippen molar-refractivity contribution in [1.29, 1.82) is 0 Å². The molecule has 3 nitrogen and oxygen atoms in total. The van der Waals surface area contributed by atoms with Crippen LogP contribution in [0.3, 0.4) is 0 Å². The summed E-state index contributed by atoms with van der Waals surface area (Å²) in [5.74, 6) is 0.599. The van der Waals surface area contributed by atoms with E-state index in [4.69, 9.17) is 4.74 Å². The van der Waals surface area contributed by atoms with Gasteiger partial charge in [0, 0.05) is 5.56 Å².